The van der Waals surface area contributed by atoms with Crippen LogP contribution >= 0.6 is 0 Å². The normalized spacial score (nSPS) is 12.0. The smallest absolute Gasteiger partial charge is 0.00201 e. The number of unbranched alkanes of at least 4 members (excludes halogenated alkanes) is 18. The highest BCUT2D eigenvalue weighted by atomic mass is 14.3. The molecule has 0 saturated carbocycles. The minimum absolute atomic E-state index is 1.18. The zero-order chi connectivity index (χ0) is 47.5. The topological polar surface area (TPSA) is 0 Å². The maximum Gasteiger partial charge on any atom is -0.00201 e. The van der Waals surface area contributed by atoms with Crippen LogP contribution in [0, 0.1) is 0 Å². The Morgan fingerprint density at radius 1 is 0.250 bits per heavy atom. The third kappa shape index (κ3) is 12.8. The summed E-state index contributed by atoms with van der Waals surface area (Å²) in [5.41, 5.74) is 15.6. The summed E-state index contributed by atoms with van der Waals surface area (Å²) in [4.78, 5) is 0. The Morgan fingerprint density at radius 2 is 0.515 bits per heavy atom. The van der Waals surface area contributed by atoms with E-state index in [4.69, 9.17) is 0 Å². The van der Waals surface area contributed by atoms with E-state index in [1.54, 1.807) is 44.5 Å². The molecule has 0 aliphatic rings. The SMILES string of the molecule is CCCCCCc1cc(CCCCCC)c(-c2ccc3c4ccc(-c5c(CCCCCC)cc(CCCCCC)cc5CCCCCC)c5cccc(c6cccc2c63)c54)c(CCCCCC)c1. The van der Waals surface area contributed by atoms with E-state index in [9.17, 15) is 0 Å². The van der Waals surface area contributed by atoms with Crippen molar-refractivity contribution >= 4 is 43.1 Å². The van der Waals surface area contributed by atoms with Crippen molar-refractivity contribution in [2.45, 2.75) is 234 Å². The number of rotatable bonds is 32. The molecule has 0 saturated heterocycles. The number of benzene rings is 7. The van der Waals surface area contributed by atoms with Gasteiger partial charge in [-0.3, -0.25) is 0 Å². The largest absolute Gasteiger partial charge is 0.0654 e. The maximum atomic E-state index is 2.66. The Balaban J connectivity index is 1.41. The van der Waals surface area contributed by atoms with Crippen LogP contribution in [0.4, 0.5) is 0 Å². The Bertz CT molecular complexity index is 2330. The lowest BCUT2D eigenvalue weighted by molar-refractivity contribution is 0.656. The molecule has 0 amide bonds. The summed E-state index contributed by atoms with van der Waals surface area (Å²) in [6.45, 7) is 14.1. The van der Waals surface area contributed by atoms with E-state index in [-0.39, 0.29) is 0 Å². The lowest BCUT2D eigenvalue weighted by Crippen LogP contribution is -2.03. The maximum absolute atomic E-state index is 2.66. The van der Waals surface area contributed by atoms with Crippen LogP contribution in [0.2, 0.25) is 0 Å². The second-order valence-electron chi connectivity index (χ2n) is 21.2. The highest BCUT2D eigenvalue weighted by Crippen LogP contribution is 2.47. The number of fused-ring (bicyclic) bond motifs is 2. The summed E-state index contributed by atoms with van der Waals surface area (Å²) in [6, 6.07) is 35.4. The summed E-state index contributed by atoms with van der Waals surface area (Å²) < 4.78 is 0. The zero-order valence-electron chi connectivity index (χ0n) is 44.3. The van der Waals surface area contributed by atoms with Gasteiger partial charge in [-0.15, -0.1) is 0 Å². The van der Waals surface area contributed by atoms with E-state index < -0.39 is 0 Å². The van der Waals surface area contributed by atoms with Gasteiger partial charge in [0.15, 0.2) is 0 Å². The first kappa shape index (κ1) is 51.7. The fourth-order valence-electron chi connectivity index (χ4n) is 12.1. The van der Waals surface area contributed by atoms with Crippen molar-refractivity contribution in [3.05, 3.63) is 118 Å². The van der Waals surface area contributed by atoms with E-state index in [1.807, 2.05) is 0 Å². The Labute approximate surface area is 415 Å². The highest BCUT2D eigenvalue weighted by Gasteiger charge is 2.22. The van der Waals surface area contributed by atoms with Gasteiger partial charge in [-0.2, -0.15) is 0 Å². The molecule has 0 aliphatic heterocycles. The molecule has 68 heavy (non-hydrogen) atoms. The molecular weight excluding hydrogens is 817 g/mol. The van der Waals surface area contributed by atoms with Crippen LogP contribution in [0.25, 0.3) is 65.3 Å². The van der Waals surface area contributed by atoms with Crippen molar-refractivity contribution in [3.8, 4) is 22.3 Å². The molecule has 0 spiro atoms. The fraction of sp³-hybridized carbons (Fsp3) is 0.529. The van der Waals surface area contributed by atoms with Crippen LogP contribution in [0.15, 0.2) is 84.9 Å². The van der Waals surface area contributed by atoms with Crippen LogP contribution in [0.1, 0.15) is 229 Å². The molecule has 0 radical (unpaired) electrons. The van der Waals surface area contributed by atoms with Crippen molar-refractivity contribution in [3.63, 3.8) is 0 Å². The van der Waals surface area contributed by atoms with Crippen LogP contribution in [-0.2, 0) is 38.5 Å². The summed E-state index contributed by atoms with van der Waals surface area (Å²) in [5.74, 6) is 0. The molecule has 7 aromatic carbocycles. The molecule has 7 aromatic rings. The van der Waals surface area contributed by atoms with Crippen LogP contribution in [0.3, 0.4) is 0 Å². The van der Waals surface area contributed by atoms with Gasteiger partial charge in [-0.1, -0.05) is 242 Å². The van der Waals surface area contributed by atoms with Gasteiger partial charge in [0.25, 0.3) is 0 Å². The lowest BCUT2D eigenvalue weighted by Gasteiger charge is -2.23. The second kappa shape index (κ2) is 27.3. The summed E-state index contributed by atoms with van der Waals surface area (Å²) in [5, 5.41) is 11.4. The van der Waals surface area contributed by atoms with Gasteiger partial charge < -0.3 is 0 Å². The molecule has 0 nitrogen and oxygen atoms in total. The predicted molar refractivity (Wildman–Crippen MR) is 306 cm³/mol. The zero-order valence-corrected chi connectivity index (χ0v) is 44.3. The van der Waals surface area contributed by atoms with Gasteiger partial charge in [0.1, 0.15) is 0 Å². The van der Waals surface area contributed by atoms with E-state index in [2.05, 4.69) is 126 Å². The molecule has 0 unspecified atom stereocenters. The van der Waals surface area contributed by atoms with Crippen molar-refractivity contribution in [2.75, 3.05) is 0 Å². The first-order valence-electron chi connectivity index (χ1n) is 29.0. The number of aryl methyl sites for hydroxylation is 6. The van der Waals surface area contributed by atoms with Gasteiger partial charge in [0.05, 0.1) is 0 Å². The van der Waals surface area contributed by atoms with E-state index >= 15 is 0 Å². The number of hydrogen-bond donors (Lipinski definition) is 0. The summed E-state index contributed by atoms with van der Waals surface area (Å²) in [6.07, 6.45) is 38.5. The summed E-state index contributed by atoms with van der Waals surface area (Å²) in [7, 11) is 0. The third-order valence-corrected chi connectivity index (χ3v) is 15.8. The monoisotopic (exact) mass is 909 g/mol. The molecule has 7 rings (SSSR count). The molecule has 0 heterocycles. The molecular formula is C68H92. The minimum atomic E-state index is 1.18. The van der Waals surface area contributed by atoms with Gasteiger partial charge in [-0.05, 0) is 176 Å². The fourth-order valence-corrected chi connectivity index (χ4v) is 12.1. The first-order chi connectivity index (χ1) is 33.6. The molecule has 0 fully saturated rings. The summed E-state index contributed by atoms with van der Waals surface area (Å²) >= 11 is 0. The average molecular weight is 909 g/mol. The third-order valence-electron chi connectivity index (χ3n) is 15.8. The molecule has 0 bridgehead atoms. The van der Waals surface area contributed by atoms with Crippen molar-refractivity contribution in [2.24, 2.45) is 0 Å². The number of hydrogen-bond acceptors (Lipinski definition) is 0. The Morgan fingerprint density at radius 3 is 0.809 bits per heavy atom. The lowest BCUT2D eigenvalue weighted by atomic mass is 9.81. The molecule has 0 aromatic heterocycles. The van der Waals surface area contributed by atoms with Crippen LogP contribution in [-0.4, -0.2) is 0 Å². The van der Waals surface area contributed by atoms with E-state index in [1.165, 1.54) is 247 Å². The second-order valence-corrected chi connectivity index (χ2v) is 21.2. The van der Waals surface area contributed by atoms with Crippen molar-refractivity contribution in [1.82, 2.24) is 0 Å². The molecule has 0 atom stereocenters. The van der Waals surface area contributed by atoms with E-state index in [0.29, 0.717) is 0 Å². The quantitative estimate of drug-likeness (QED) is 0.0224. The van der Waals surface area contributed by atoms with Crippen LogP contribution in [0.5, 0.6) is 0 Å². The minimum Gasteiger partial charge on any atom is -0.0654 e. The van der Waals surface area contributed by atoms with Crippen LogP contribution < -0.4 is 0 Å². The van der Waals surface area contributed by atoms with Crippen molar-refractivity contribution in [1.29, 1.82) is 0 Å². The van der Waals surface area contributed by atoms with Gasteiger partial charge in [0.2, 0.25) is 0 Å². The Hall–Kier alpha value is -4.16. The molecule has 0 N–H and O–H groups in total. The average Bonchev–Trinajstić information content (AvgIpc) is 3.36. The van der Waals surface area contributed by atoms with Gasteiger partial charge >= 0.3 is 0 Å². The predicted octanol–water partition coefficient (Wildman–Crippen LogP) is 21.8. The first-order valence-corrected chi connectivity index (χ1v) is 29.0. The molecule has 0 aliphatic carbocycles. The Kier molecular flexibility index (Phi) is 20.7. The van der Waals surface area contributed by atoms with Gasteiger partial charge in [0, 0.05) is 0 Å². The molecule has 364 valence electrons. The standard InChI is InChI=1S/C68H92/c1-7-13-19-25-33-51-47-53(35-27-21-15-9-3)65(54(48-51)36-28-22-16-10-4)61-43-45-63-64-46-44-62(60-42-32-40-58(68(60)64)57-39-31-41-59(61)67(57)63)66-55(37-29-23-17-11-5)49-52(34-26-20-14-8-2)50-56(66)38-30-24-18-12-6/h31-32,39-50H,7-30,33-38H2,1-6H3. The van der Waals surface area contributed by atoms with Gasteiger partial charge in [-0.25, -0.2) is 0 Å². The van der Waals surface area contributed by atoms with Crippen molar-refractivity contribution < 1.29 is 0 Å². The molecule has 0 heteroatoms. The van der Waals surface area contributed by atoms with E-state index in [0.717, 1.165) is 0 Å². The highest BCUT2D eigenvalue weighted by molar-refractivity contribution is 6.35.